The fraction of sp³-hybridized carbons (Fsp3) is 0.308. The predicted molar refractivity (Wildman–Crippen MR) is 77.5 cm³/mol. The Bertz CT molecular complexity index is 589. The van der Waals surface area contributed by atoms with E-state index in [1.54, 1.807) is 24.2 Å². The molecule has 1 heterocycles. The molecule has 2 rings (SSSR count). The number of amidine groups is 1. The molecule has 6 heteroatoms. The number of nitrogens with zero attached hydrogens (tertiary/aromatic N) is 3. The van der Waals surface area contributed by atoms with Crippen LogP contribution in [0.1, 0.15) is 19.4 Å². The first kappa shape index (κ1) is 13.1. The molecule has 0 aliphatic carbocycles. The third-order valence-corrected chi connectivity index (χ3v) is 2.85. The zero-order valence-electron chi connectivity index (χ0n) is 11.2. The molecule has 0 aromatic heterocycles. The van der Waals surface area contributed by atoms with Gasteiger partial charge in [-0.15, -0.1) is 0 Å². The second-order valence-corrected chi connectivity index (χ2v) is 4.73. The number of hydrogen-bond donors (Lipinski definition) is 3. The Morgan fingerprint density at radius 1 is 1.42 bits per heavy atom. The maximum atomic E-state index is 9.55. The van der Waals surface area contributed by atoms with Crippen molar-refractivity contribution in [3.05, 3.63) is 17.7 Å². The van der Waals surface area contributed by atoms with Crippen LogP contribution >= 0.6 is 0 Å². The molecule has 0 fully saturated rings. The van der Waals surface area contributed by atoms with Crippen LogP contribution in [-0.2, 0) is 0 Å². The molecule has 1 aliphatic rings. The van der Waals surface area contributed by atoms with Gasteiger partial charge in [0.15, 0.2) is 5.84 Å². The van der Waals surface area contributed by atoms with Crippen molar-refractivity contribution in [3.8, 4) is 5.75 Å². The van der Waals surface area contributed by atoms with Gasteiger partial charge in [-0.1, -0.05) is 0 Å². The van der Waals surface area contributed by atoms with Crippen molar-refractivity contribution in [2.24, 2.45) is 10.1 Å². The number of aromatic hydroxyl groups is 1. The second-order valence-electron chi connectivity index (χ2n) is 4.73. The van der Waals surface area contributed by atoms with Crippen molar-refractivity contribution < 1.29 is 5.11 Å². The zero-order valence-corrected chi connectivity index (χ0v) is 11.2. The van der Waals surface area contributed by atoms with Crippen molar-refractivity contribution >= 4 is 29.1 Å². The van der Waals surface area contributed by atoms with Crippen LogP contribution in [0.2, 0.25) is 0 Å². The van der Waals surface area contributed by atoms with E-state index in [1.807, 2.05) is 13.8 Å². The van der Waals surface area contributed by atoms with Crippen molar-refractivity contribution in [2.75, 3.05) is 5.73 Å². The maximum Gasteiger partial charge on any atom is 0.169 e. The topological polar surface area (TPSA) is 98.1 Å². The van der Waals surface area contributed by atoms with Crippen LogP contribution in [0.3, 0.4) is 0 Å². The van der Waals surface area contributed by atoms with Gasteiger partial charge in [0.25, 0.3) is 0 Å². The van der Waals surface area contributed by atoms with Crippen LogP contribution in [0.5, 0.6) is 5.75 Å². The van der Waals surface area contributed by atoms with E-state index < -0.39 is 0 Å². The van der Waals surface area contributed by atoms with E-state index in [2.05, 4.69) is 10.1 Å². The largest absolute Gasteiger partial charge is 0.508 e. The van der Waals surface area contributed by atoms with Crippen molar-refractivity contribution in [2.45, 2.75) is 26.8 Å². The molecule has 0 radical (unpaired) electrons. The molecule has 0 saturated heterocycles. The minimum atomic E-state index is 0.107. The highest BCUT2D eigenvalue weighted by Crippen LogP contribution is 2.30. The highest BCUT2D eigenvalue weighted by atomic mass is 16.3. The van der Waals surface area contributed by atoms with Gasteiger partial charge in [0.2, 0.25) is 0 Å². The van der Waals surface area contributed by atoms with Crippen molar-refractivity contribution in [3.63, 3.8) is 0 Å². The summed E-state index contributed by atoms with van der Waals surface area (Å²) in [6.07, 6.45) is 1.55. The number of anilines is 1. The van der Waals surface area contributed by atoms with Crippen LogP contribution in [0, 0.1) is 12.3 Å². The SMILES string of the molecule is Cc1cc(N=C2C=NN(C(C)C)C2=N)c(N)cc1O. The van der Waals surface area contributed by atoms with Crippen molar-refractivity contribution in [1.29, 1.82) is 5.41 Å². The van der Waals surface area contributed by atoms with Gasteiger partial charge in [-0.3, -0.25) is 5.41 Å². The van der Waals surface area contributed by atoms with E-state index in [1.165, 1.54) is 6.07 Å². The molecular weight excluding hydrogens is 242 g/mol. The lowest BCUT2D eigenvalue weighted by atomic mass is 10.1. The van der Waals surface area contributed by atoms with E-state index in [0.717, 1.165) is 0 Å². The van der Waals surface area contributed by atoms with Crippen LogP contribution < -0.4 is 5.73 Å². The van der Waals surface area contributed by atoms with Gasteiger partial charge in [0.05, 0.1) is 17.6 Å². The number of phenolic OH excluding ortho intramolecular Hbond substituents is 1. The van der Waals surface area contributed by atoms with E-state index in [-0.39, 0.29) is 17.6 Å². The molecule has 0 saturated carbocycles. The molecule has 0 atom stereocenters. The number of aryl methyl sites for hydroxylation is 1. The number of phenols is 1. The first-order chi connectivity index (χ1) is 8.90. The van der Waals surface area contributed by atoms with Crippen molar-refractivity contribution in [1.82, 2.24) is 5.01 Å². The number of aliphatic imine (C=N–C) groups is 1. The molecule has 19 heavy (non-hydrogen) atoms. The highest BCUT2D eigenvalue weighted by molar-refractivity contribution is 6.63. The lowest BCUT2D eigenvalue weighted by molar-refractivity contribution is 0.378. The Morgan fingerprint density at radius 2 is 2.11 bits per heavy atom. The summed E-state index contributed by atoms with van der Waals surface area (Å²) in [6, 6.07) is 3.26. The summed E-state index contributed by atoms with van der Waals surface area (Å²) in [4.78, 5) is 4.34. The summed E-state index contributed by atoms with van der Waals surface area (Å²) >= 11 is 0. The Morgan fingerprint density at radius 3 is 2.68 bits per heavy atom. The lowest BCUT2D eigenvalue weighted by Gasteiger charge is -2.17. The minimum Gasteiger partial charge on any atom is -0.508 e. The number of hydrogen-bond acceptors (Lipinski definition) is 5. The Kier molecular flexibility index (Phi) is 3.25. The van der Waals surface area contributed by atoms with E-state index in [0.29, 0.717) is 22.6 Å². The molecule has 1 aromatic rings. The van der Waals surface area contributed by atoms with Crippen LogP contribution in [0.15, 0.2) is 22.2 Å². The zero-order chi connectivity index (χ0) is 14.2. The molecule has 1 aromatic carbocycles. The summed E-state index contributed by atoms with van der Waals surface area (Å²) in [5.74, 6) is 0.389. The Labute approximate surface area is 111 Å². The molecule has 6 nitrogen and oxygen atoms in total. The second kappa shape index (κ2) is 4.72. The molecule has 0 unspecified atom stereocenters. The number of nitrogen functional groups attached to an aromatic ring is 1. The summed E-state index contributed by atoms with van der Waals surface area (Å²) in [6.45, 7) is 5.68. The summed E-state index contributed by atoms with van der Waals surface area (Å²) in [7, 11) is 0. The standard InChI is InChI=1S/C13H17N5O/c1-7(2)18-13(15)11(6-16-18)17-10-4-8(3)12(19)5-9(10)14/h4-7,15,19H,14H2,1-3H3. The van der Waals surface area contributed by atoms with Gasteiger partial charge in [-0.05, 0) is 32.4 Å². The number of nitrogens with one attached hydrogen (secondary N) is 1. The number of rotatable bonds is 2. The molecule has 0 amide bonds. The molecule has 0 spiro atoms. The van der Waals surface area contributed by atoms with Gasteiger partial charge in [-0.2, -0.15) is 5.10 Å². The van der Waals surface area contributed by atoms with Gasteiger partial charge < -0.3 is 10.8 Å². The smallest absolute Gasteiger partial charge is 0.169 e. The van der Waals surface area contributed by atoms with Gasteiger partial charge in [-0.25, -0.2) is 10.0 Å². The monoisotopic (exact) mass is 259 g/mol. The maximum absolute atomic E-state index is 9.55. The average Bonchev–Trinajstić information content (AvgIpc) is 2.68. The third-order valence-electron chi connectivity index (χ3n) is 2.85. The van der Waals surface area contributed by atoms with E-state index >= 15 is 0 Å². The summed E-state index contributed by atoms with van der Waals surface area (Å²) in [5.41, 5.74) is 7.88. The predicted octanol–water partition coefficient (Wildman–Crippen LogP) is 2.04. The first-order valence-electron chi connectivity index (χ1n) is 6.00. The van der Waals surface area contributed by atoms with E-state index in [9.17, 15) is 5.11 Å². The first-order valence-corrected chi connectivity index (χ1v) is 6.00. The third kappa shape index (κ3) is 2.42. The number of benzene rings is 1. The fourth-order valence-electron chi connectivity index (χ4n) is 1.75. The number of hydrazone groups is 1. The fourth-order valence-corrected chi connectivity index (χ4v) is 1.75. The molecule has 0 bridgehead atoms. The molecule has 4 N–H and O–H groups in total. The Balaban J connectivity index is 2.36. The molecule has 1 aliphatic heterocycles. The van der Waals surface area contributed by atoms with Gasteiger partial charge in [0.1, 0.15) is 11.5 Å². The summed E-state index contributed by atoms with van der Waals surface area (Å²) < 4.78 is 0. The Hall–Kier alpha value is -2.37. The quantitative estimate of drug-likeness (QED) is 0.709. The normalized spacial score (nSPS) is 16.9. The highest BCUT2D eigenvalue weighted by Gasteiger charge is 2.22. The van der Waals surface area contributed by atoms with Gasteiger partial charge in [0, 0.05) is 12.1 Å². The van der Waals surface area contributed by atoms with Crippen LogP contribution in [0.4, 0.5) is 11.4 Å². The lowest BCUT2D eigenvalue weighted by Crippen LogP contribution is -2.31. The average molecular weight is 259 g/mol. The summed E-state index contributed by atoms with van der Waals surface area (Å²) in [5, 5.41) is 23.2. The van der Waals surface area contributed by atoms with Crippen LogP contribution in [0.25, 0.3) is 0 Å². The minimum absolute atomic E-state index is 0.107. The van der Waals surface area contributed by atoms with Crippen LogP contribution in [-0.4, -0.2) is 33.9 Å². The molecular formula is C13H17N5O. The molecule has 100 valence electrons. The van der Waals surface area contributed by atoms with Gasteiger partial charge >= 0.3 is 0 Å². The van der Waals surface area contributed by atoms with E-state index in [4.69, 9.17) is 11.1 Å². The number of nitrogens with two attached hydrogens (primary N) is 1.